The number of rotatable bonds is 4. The Bertz CT molecular complexity index is 671. The summed E-state index contributed by atoms with van der Waals surface area (Å²) < 4.78 is 7.87. The second-order valence-corrected chi connectivity index (χ2v) is 6.16. The molecular weight excluding hydrogens is 278 g/mol. The Morgan fingerprint density at radius 1 is 1.55 bits per heavy atom. The Labute approximate surface area is 130 Å². The summed E-state index contributed by atoms with van der Waals surface area (Å²) in [6.45, 7) is 5.69. The first kappa shape index (κ1) is 14.9. The number of aryl methyl sites for hydroxylation is 3. The van der Waals surface area contributed by atoms with Crippen molar-refractivity contribution in [3.05, 3.63) is 41.4 Å². The van der Waals surface area contributed by atoms with Crippen LogP contribution in [0, 0.1) is 12.8 Å². The third-order valence-electron chi connectivity index (χ3n) is 4.44. The number of aromatic nitrogens is 2. The molecule has 3 heterocycles. The van der Waals surface area contributed by atoms with Crippen LogP contribution in [-0.4, -0.2) is 34.0 Å². The first-order valence-electron chi connectivity index (χ1n) is 7.93. The van der Waals surface area contributed by atoms with Crippen LogP contribution in [0.15, 0.2) is 22.9 Å². The van der Waals surface area contributed by atoms with Crippen LogP contribution in [0.4, 0.5) is 0 Å². The van der Waals surface area contributed by atoms with E-state index in [4.69, 9.17) is 4.42 Å². The number of amides is 1. The van der Waals surface area contributed by atoms with Gasteiger partial charge in [0.2, 0.25) is 0 Å². The molecular formula is C17H23N3O2. The summed E-state index contributed by atoms with van der Waals surface area (Å²) in [7, 11) is 1.86. The zero-order valence-electron chi connectivity index (χ0n) is 13.5. The van der Waals surface area contributed by atoms with Crippen molar-refractivity contribution >= 4 is 5.91 Å². The molecule has 0 bridgehead atoms. The Hall–Kier alpha value is -2.04. The van der Waals surface area contributed by atoms with Gasteiger partial charge in [0.1, 0.15) is 11.6 Å². The van der Waals surface area contributed by atoms with Crippen molar-refractivity contribution in [2.45, 2.75) is 39.7 Å². The van der Waals surface area contributed by atoms with Crippen molar-refractivity contribution in [2.24, 2.45) is 5.92 Å². The number of imidazole rings is 1. The zero-order chi connectivity index (χ0) is 15.7. The van der Waals surface area contributed by atoms with Crippen molar-refractivity contribution < 1.29 is 9.21 Å². The Morgan fingerprint density at radius 2 is 2.36 bits per heavy atom. The molecule has 0 N–H and O–H groups in total. The topological polar surface area (TPSA) is 51.3 Å². The van der Waals surface area contributed by atoms with Crippen LogP contribution in [-0.2, 0) is 19.4 Å². The number of hydrogen-bond acceptors (Lipinski definition) is 3. The molecule has 118 valence electrons. The number of carbonyl (C=O) groups excluding carboxylic acids is 1. The normalized spacial score (nSPS) is 17.3. The fourth-order valence-corrected chi connectivity index (χ4v) is 3.15. The lowest BCUT2D eigenvalue weighted by molar-refractivity contribution is 0.0729. The maximum atomic E-state index is 12.6. The summed E-state index contributed by atoms with van der Waals surface area (Å²) in [6, 6.07) is 1.96. The number of hydrogen-bond donors (Lipinski definition) is 0. The van der Waals surface area contributed by atoms with Crippen LogP contribution in [0.5, 0.6) is 0 Å². The standard InChI is InChI=1S/C17H23N3O2/c1-4-14-9-12(2)16(22-14)17(21)19(3)11-13-5-7-20-8-6-18-15(20)10-13/h6,8-9,13H,4-5,7,10-11H2,1-3H3. The minimum absolute atomic E-state index is 0.0221. The van der Waals surface area contributed by atoms with Gasteiger partial charge in [-0.2, -0.15) is 0 Å². The van der Waals surface area contributed by atoms with E-state index in [0.29, 0.717) is 11.7 Å². The summed E-state index contributed by atoms with van der Waals surface area (Å²) in [5, 5.41) is 0. The molecule has 2 aromatic rings. The van der Waals surface area contributed by atoms with E-state index in [0.717, 1.165) is 49.5 Å². The lowest BCUT2D eigenvalue weighted by atomic mass is 9.97. The van der Waals surface area contributed by atoms with Gasteiger partial charge >= 0.3 is 0 Å². The smallest absolute Gasteiger partial charge is 0.289 e. The molecule has 0 spiro atoms. The van der Waals surface area contributed by atoms with Gasteiger partial charge in [0, 0.05) is 50.9 Å². The quantitative estimate of drug-likeness (QED) is 0.872. The van der Waals surface area contributed by atoms with Crippen LogP contribution >= 0.6 is 0 Å². The molecule has 1 aliphatic heterocycles. The average molecular weight is 301 g/mol. The molecule has 5 nitrogen and oxygen atoms in total. The molecule has 1 unspecified atom stereocenters. The van der Waals surface area contributed by atoms with E-state index in [1.54, 1.807) is 4.90 Å². The van der Waals surface area contributed by atoms with Gasteiger partial charge in [-0.25, -0.2) is 4.98 Å². The van der Waals surface area contributed by atoms with Gasteiger partial charge in [-0.15, -0.1) is 0 Å². The van der Waals surface area contributed by atoms with E-state index in [1.807, 2.05) is 39.4 Å². The number of furan rings is 1. The molecule has 5 heteroatoms. The van der Waals surface area contributed by atoms with Crippen LogP contribution in [0.3, 0.4) is 0 Å². The lowest BCUT2D eigenvalue weighted by Crippen LogP contribution is -2.35. The average Bonchev–Trinajstić information content (AvgIpc) is 3.12. The minimum atomic E-state index is -0.0221. The van der Waals surface area contributed by atoms with Crippen molar-refractivity contribution in [3.63, 3.8) is 0 Å². The highest BCUT2D eigenvalue weighted by Crippen LogP contribution is 2.22. The predicted octanol–water partition coefficient (Wildman–Crippen LogP) is 2.68. The summed E-state index contributed by atoms with van der Waals surface area (Å²) >= 11 is 0. The van der Waals surface area contributed by atoms with Gasteiger partial charge in [0.25, 0.3) is 5.91 Å². The molecule has 22 heavy (non-hydrogen) atoms. The molecule has 2 aromatic heterocycles. The van der Waals surface area contributed by atoms with Gasteiger partial charge in [0.15, 0.2) is 5.76 Å². The van der Waals surface area contributed by atoms with Crippen LogP contribution in [0.2, 0.25) is 0 Å². The largest absolute Gasteiger partial charge is 0.456 e. The van der Waals surface area contributed by atoms with Gasteiger partial charge in [-0.05, 0) is 25.3 Å². The van der Waals surface area contributed by atoms with E-state index >= 15 is 0 Å². The van der Waals surface area contributed by atoms with Gasteiger partial charge in [0.05, 0.1) is 0 Å². The van der Waals surface area contributed by atoms with Gasteiger partial charge in [-0.3, -0.25) is 4.79 Å². The molecule has 0 fully saturated rings. The molecule has 1 aliphatic rings. The third kappa shape index (κ3) is 2.80. The predicted molar refractivity (Wildman–Crippen MR) is 83.8 cm³/mol. The minimum Gasteiger partial charge on any atom is -0.456 e. The van der Waals surface area contributed by atoms with Crippen molar-refractivity contribution in [2.75, 3.05) is 13.6 Å². The summed E-state index contributed by atoms with van der Waals surface area (Å²) in [5.74, 6) is 2.92. The fourth-order valence-electron chi connectivity index (χ4n) is 3.15. The maximum absolute atomic E-state index is 12.6. The molecule has 0 aliphatic carbocycles. The SMILES string of the molecule is CCc1cc(C)c(C(=O)N(C)CC2CCn3ccnc3C2)o1. The van der Waals surface area contributed by atoms with Crippen LogP contribution in [0.1, 0.15) is 41.0 Å². The summed E-state index contributed by atoms with van der Waals surface area (Å²) in [6.07, 6.45) is 6.70. The maximum Gasteiger partial charge on any atom is 0.289 e. The number of nitrogens with zero attached hydrogens (tertiary/aromatic N) is 3. The summed E-state index contributed by atoms with van der Waals surface area (Å²) in [4.78, 5) is 18.7. The molecule has 1 atom stereocenters. The van der Waals surface area contributed by atoms with Crippen molar-refractivity contribution in [1.29, 1.82) is 0 Å². The third-order valence-corrected chi connectivity index (χ3v) is 4.44. The highest BCUT2D eigenvalue weighted by atomic mass is 16.4. The van der Waals surface area contributed by atoms with E-state index in [-0.39, 0.29) is 5.91 Å². The van der Waals surface area contributed by atoms with Crippen molar-refractivity contribution in [3.8, 4) is 0 Å². The zero-order valence-corrected chi connectivity index (χ0v) is 13.5. The Balaban J connectivity index is 1.65. The monoisotopic (exact) mass is 301 g/mol. The first-order chi connectivity index (χ1) is 10.6. The molecule has 0 aromatic carbocycles. The number of fused-ring (bicyclic) bond motifs is 1. The molecule has 0 saturated carbocycles. The second-order valence-electron chi connectivity index (χ2n) is 6.16. The van der Waals surface area contributed by atoms with E-state index < -0.39 is 0 Å². The van der Waals surface area contributed by atoms with E-state index in [9.17, 15) is 4.79 Å². The lowest BCUT2D eigenvalue weighted by Gasteiger charge is -2.27. The second kappa shape index (κ2) is 5.99. The van der Waals surface area contributed by atoms with Crippen LogP contribution < -0.4 is 0 Å². The van der Waals surface area contributed by atoms with Gasteiger partial charge in [-0.1, -0.05) is 6.92 Å². The van der Waals surface area contributed by atoms with Gasteiger partial charge < -0.3 is 13.9 Å². The van der Waals surface area contributed by atoms with Crippen LogP contribution in [0.25, 0.3) is 0 Å². The Kier molecular flexibility index (Phi) is 4.05. The molecule has 3 rings (SSSR count). The molecule has 0 radical (unpaired) electrons. The molecule has 1 amide bonds. The fraction of sp³-hybridized carbons (Fsp3) is 0.529. The summed E-state index contributed by atoms with van der Waals surface area (Å²) in [5.41, 5.74) is 0.924. The highest BCUT2D eigenvalue weighted by molar-refractivity contribution is 5.92. The van der Waals surface area contributed by atoms with Crippen molar-refractivity contribution in [1.82, 2.24) is 14.5 Å². The highest BCUT2D eigenvalue weighted by Gasteiger charge is 2.25. The number of carbonyl (C=O) groups is 1. The Morgan fingerprint density at radius 3 is 3.09 bits per heavy atom. The molecule has 0 saturated heterocycles. The first-order valence-corrected chi connectivity index (χ1v) is 7.93. The van der Waals surface area contributed by atoms with E-state index in [1.165, 1.54) is 0 Å². The van der Waals surface area contributed by atoms with E-state index in [2.05, 4.69) is 9.55 Å².